The van der Waals surface area contributed by atoms with Crippen molar-refractivity contribution in [3.05, 3.63) is 54.0 Å². The predicted octanol–water partition coefficient (Wildman–Crippen LogP) is 2.69. The number of hydrogen-bond acceptors (Lipinski definition) is 3. The van der Waals surface area contributed by atoms with E-state index in [9.17, 15) is 0 Å². The Morgan fingerprint density at radius 3 is 2.71 bits per heavy atom. The van der Waals surface area contributed by atoms with Crippen molar-refractivity contribution in [2.45, 2.75) is 19.8 Å². The zero-order chi connectivity index (χ0) is 11.9. The Balaban J connectivity index is 1.82. The zero-order valence-corrected chi connectivity index (χ0v) is 10.1. The number of rotatable bonds is 5. The number of anilines is 1. The van der Waals surface area contributed by atoms with Gasteiger partial charge in [-0.1, -0.05) is 19.1 Å². The molecule has 2 aromatic rings. The minimum atomic E-state index is 0.879. The molecule has 0 unspecified atom stereocenters. The van der Waals surface area contributed by atoms with Crippen LogP contribution < -0.4 is 5.32 Å². The Bertz CT molecular complexity index is 437. The first-order chi connectivity index (χ1) is 8.38. The molecule has 0 spiro atoms. The molecule has 0 radical (unpaired) electrons. The van der Waals surface area contributed by atoms with E-state index in [1.165, 1.54) is 11.1 Å². The van der Waals surface area contributed by atoms with Gasteiger partial charge in [0, 0.05) is 25.1 Å². The first-order valence-corrected chi connectivity index (χ1v) is 5.96. The number of nitrogens with zero attached hydrogens (tertiary/aromatic N) is 2. The van der Waals surface area contributed by atoms with Crippen LogP contribution in [0.4, 0.5) is 5.82 Å². The summed E-state index contributed by atoms with van der Waals surface area (Å²) in [7, 11) is 0. The van der Waals surface area contributed by atoms with Crippen molar-refractivity contribution in [3.8, 4) is 0 Å². The van der Waals surface area contributed by atoms with Crippen LogP contribution in [0.2, 0.25) is 0 Å². The minimum Gasteiger partial charge on any atom is -0.370 e. The molecule has 2 rings (SSSR count). The normalized spacial score (nSPS) is 10.2. The summed E-state index contributed by atoms with van der Waals surface area (Å²) in [5.74, 6) is 0.936. The summed E-state index contributed by atoms with van der Waals surface area (Å²) in [6, 6.07) is 8.19. The van der Waals surface area contributed by atoms with Crippen molar-refractivity contribution in [1.29, 1.82) is 0 Å². The van der Waals surface area contributed by atoms with Gasteiger partial charge in [-0.25, -0.2) is 4.98 Å². The third-order valence-electron chi connectivity index (χ3n) is 2.68. The molecule has 2 aromatic heterocycles. The lowest BCUT2D eigenvalue weighted by atomic mass is 10.2. The molecule has 0 saturated heterocycles. The Labute approximate surface area is 102 Å². The molecule has 0 aliphatic heterocycles. The third-order valence-corrected chi connectivity index (χ3v) is 2.68. The van der Waals surface area contributed by atoms with Crippen molar-refractivity contribution < 1.29 is 0 Å². The lowest BCUT2D eigenvalue weighted by Gasteiger charge is -2.05. The summed E-state index contributed by atoms with van der Waals surface area (Å²) in [4.78, 5) is 8.44. The first-order valence-electron chi connectivity index (χ1n) is 5.96. The first kappa shape index (κ1) is 11.6. The van der Waals surface area contributed by atoms with Crippen LogP contribution in [0.25, 0.3) is 0 Å². The fourth-order valence-corrected chi connectivity index (χ4v) is 1.62. The van der Waals surface area contributed by atoms with E-state index in [0.29, 0.717) is 0 Å². The highest BCUT2D eigenvalue weighted by molar-refractivity contribution is 5.35. The van der Waals surface area contributed by atoms with Gasteiger partial charge in [-0.05, 0) is 36.1 Å². The van der Waals surface area contributed by atoms with E-state index in [4.69, 9.17) is 0 Å². The number of aryl methyl sites for hydroxylation is 1. The highest BCUT2D eigenvalue weighted by atomic mass is 15.0. The van der Waals surface area contributed by atoms with Gasteiger partial charge in [-0.2, -0.15) is 0 Å². The molecule has 0 saturated carbocycles. The fourth-order valence-electron chi connectivity index (χ4n) is 1.62. The summed E-state index contributed by atoms with van der Waals surface area (Å²) in [5, 5.41) is 3.31. The maximum atomic E-state index is 4.35. The van der Waals surface area contributed by atoms with E-state index in [1.54, 1.807) is 6.20 Å². The van der Waals surface area contributed by atoms with Gasteiger partial charge >= 0.3 is 0 Å². The van der Waals surface area contributed by atoms with Gasteiger partial charge in [0.25, 0.3) is 0 Å². The van der Waals surface area contributed by atoms with Gasteiger partial charge in [-0.3, -0.25) is 4.98 Å². The molecule has 3 heteroatoms. The van der Waals surface area contributed by atoms with Crippen LogP contribution in [0.1, 0.15) is 18.1 Å². The highest BCUT2D eigenvalue weighted by Crippen LogP contribution is 2.06. The second-order valence-corrected chi connectivity index (χ2v) is 3.94. The molecule has 0 fully saturated rings. The van der Waals surface area contributed by atoms with Gasteiger partial charge in [0.2, 0.25) is 0 Å². The van der Waals surface area contributed by atoms with E-state index >= 15 is 0 Å². The van der Waals surface area contributed by atoms with Gasteiger partial charge in [0.05, 0.1) is 0 Å². The van der Waals surface area contributed by atoms with E-state index in [2.05, 4.69) is 34.3 Å². The van der Waals surface area contributed by atoms with E-state index in [1.807, 2.05) is 24.5 Å². The van der Waals surface area contributed by atoms with Crippen molar-refractivity contribution in [1.82, 2.24) is 9.97 Å². The maximum absolute atomic E-state index is 4.35. The van der Waals surface area contributed by atoms with Gasteiger partial charge in [-0.15, -0.1) is 0 Å². The smallest absolute Gasteiger partial charge is 0.125 e. The van der Waals surface area contributed by atoms with Gasteiger partial charge in [0.1, 0.15) is 5.82 Å². The van der Waals surface area contributed by atoms with Crippen molar-refractivity contribution in [3.63, 3.8) is 0 Å². The average molecular weight is 227 g/mol. The number of aromatic nitrogens is 2. The van der Waals surface area contributed by atoms with E-state index in [-0.39, 0.29) is 0 Å². The lowest BCUT2D eigenvalue weighted by Crippen LogP contribution is -2.06. The fraction of sp³-hybridized carbons (Fsp3) is 0.286. The summed E-state index contributed by atoms with van der Waals surface area (Å²) in [6.07, 6.45) is 7.61. The molecule has 1 N–H and O–H groups in total. The van der Waals surface area contributed by atoms with Crippen LogP contribution >= 0.6 is 0 Å². The molecule has 3 nitrogen and oxygen atoms in total. The highest BCUT2D eigenvalue weighted by Gasteiger charge is 1.95. The van der Waals surface area contributed by atoms with E-state index < -0.39 is 0 Å². The van der Waals surface area contributed by atoms with Crippen LogP contribution in [-0.2, 0) is 12.8 Å². The Morgan fingerprint density at radius 2 is 2.06 bits per heavy atom. The van der Waals surface area contributed by atoms with Crippen LogP contribution in [-0.4, -0.2) is 16.5 Å². The average Bonchev–Trinajstić information content (AvgIpc) is 2.41. The summed E-state index contributed by atoms with van der Waals surface area (Å²) >= 11 is 0. The summed E-state index contributed by atoms with van der Waals surface area (Å²) < 4.78 is 0. The molecular formula is C14H17N3. The number of hydrogen-bond donors (Lipinski definition) is 1. The minimum absolute atomic E-state index is 0.879. The van der Waals surface area contributed by atoms with E-state index in [0.717, 1.165) is 25.2 Å². The lowest BCUT2D eigenvalue weighted by molar-refractivity contribution is 0.990. The third kappa shape index (κ3) is 3.55. The molecule has 0 aliphatic rings. The van der Waals surface area contributed by atoms with Crippen LogP contribution in [0.5, 0.6) is 0 Å². The second-order valence-electron chi connectivity index (χ2n) is 3.94. The molecule has 0 atom stereocenters. The standard InChI is InChI=1S/C14H17N3/c1-2-12-5-6-14(17-11-12)16-9-7-13-4-3-8-15-10-13/h3-6,8,10-11H,2,7,9H2,1H3,(H,16,17). The summed E-state index contributed by atoms with van der Waals surface area (Å²) in [5.41, 5.74) is 2.51. The maximum Gasteiger partial charge on any atom is 0.125 e. The molecule has 17 heavy (non-hydrogen) atoms. The number of pyridine rings is 2. The monoisotopic (exact) mass is 227 g/mol. The molecule has 0 aliphatic carbocycles. The molecule has 2 heterocycles. The molecule has 0 amide bonds. The van der Waals surface area contributed by atoms with Crippen molar-refractivity contribution in [2.75, 3.05) is 11.9 Å². The number of nitrogens with one attached hydrogen (secondary N) is 1. The topological polar surface area (TPSA) is 37.8 Å². The Morgan fingerprint density at radius 1 is 1.12 bits per heavy atom. The van der Waals surface area contributed by atoms with Crippen molar-refractivity contribution in [2.24, 2.45) is 0 Å². The van der Waals surface area contributed by atoms with Crippen LogP contribution in [0.15, 0.2) is 42.9 Å². The van der Waals surface area contributed by atoms with Crippen LogP contribution in [0, 0.1) is 0 Å². The quantitative estimate of drug-likeness (QED) is 0.853. The Hall–Kier alpha value is -1.90. The summed E-state index contributed by atoms with van der Waals surface area (Å²) in [6.45, 7) is 3.01. The van der Waals surface area contributed by atoms with Gasteiger partial charge < -0.3 is 5.32 Å². The van der Waals surface area contributed by atoms with Gasteiger partial charge in [0.15, 0.2) is 0 Å². The zero-order valence-electron chi connectivity index (χ0n) is 10.1. The van der Waals surface area contributed by atoms with Crippen molar-refractivity contribution >= 4 is 5.82 Å². The largest absolute Gasteiger partial charge is 0.370 e. The molecule has 0 bridgehead atoms. The molecule has 0 aromatic carbocycles. The molecular weight excluding hydrogens is 210 g/mol. The second kappa shape index (κ2) is 5.99. The SMILES string of the molecule is CCc1ccc(NCCc2cccnc2)nc1. The Kier molecular flexibility index (Phi) is 4.08. The molecule has 88 valence electrons. The van der Waals surface area contributed by atoms with Crippen LogP contribution in [0.3, 0.4) is 0 Å². The predicted molar refractivity (Wildman–Crippen MR) is 70.0 cm³/mol.